The van der Waals surface area contributed by atoms with Gasteiger partial charge in [-0.25, -0.2) is 9.97 Å². The van der Waals surface area contributed by atoms with E-state index in [2.05, 4.69) is 41.4 Å². The van der Waals surface area contributed by atoms with Crippen LogP contribution in [0.5, 0.6) is 0 Å². The van der Waals surface area contributed by atoms with E-state index in [-0.39, 0.29) is 0 Å². The van der Waals surface area contributed by atoms with E-state index in [1.54, 1.807) is 6.92 Å². The Morgan fingerprint density at radius 2 is 2.12 bits per heavy atom. The quantitative estimate of drug-likeness (QED) is 0.871. The van der Waals surface area contributed by atoms with Crippen LogP contribution in [-0.4, -0.2) is 20.1 Å². The second-order valence-electron chi connectivity index (χ2n) is 3.43. The summed E-state index contributed by atoms with van der Waals surface area (Å²) < 4.78 is 5.64. The first-order valence-electron chi connectivity index (χ1n) is 5.24. The molecule has 0 saturated heterocycles. The van der Waals surface area contributed by atoms with E-state index in [0.717, 1.165) is 22.7 Å². The Morgan fingerprint density at radius 3 is 2.76 bits per heavy atom. The van der Waals surface area contributed by atoms with E-state index >= 15 is 0 Å². The molecule has 0 aliphatic heterocycles. The van der Waals surface area contributed by atoms with Gasteiger partial charge in [-0.05, 0) is 15.9 Å². The van der Waals surface area contributed by atoms with Gasteiger partial charge < -0.3 is 9.84 Å². The lowest BCUT2D eigenvalue weighted by molar-refractivity contribution is 0.388. The Labute approximate surface area is 107 Å². The minimum atomic E-state index is 0.476. The SMILES string of the molecule is CCc1nc(Br)cc(NCc2noc(C)n2)n1. The first-order chi connectivity index (χ1) is 8.17. The molecule has 90 valence electrons. The maximum Gasteiger partial charge on any atom is 0.223 e. The highest BCUT2D eigenvalue weighted by atomic mass is 79.9. The number of aromatic nitrogens is 4. The number of anilines is 1. The molecule has 0 aliphatic rings. The van der Waals surface area contributed by atoms with Gasteiger partial charge in [0.15, 0.2) is 5.82 Å². The van der Waals surface area contributed by atoms with Crippen molar-refractivity contribution in [1.29, 1.82) is 0 Å². The lowest BCUT2D eigenvalue weighted by atomic mass is 10.4. The van der Waals surface area contributed by atoms with Gasteiger partial charge in [-0.1, -0.05) is 12.1 Å². The van der Waals surface area contributed by atoms with Gasteiger partial charge in [0.2, 0.25) is 5.89 Å². The fourth-order valence-corrected chi connectivity index (χ4v) is 1.72. The fraction of sp³-hybridized carbons (Fsp3) is 0.400. The van der Waals surface area contributed by atoms with Crippen molar-refractivity contribution in [3.8, 4) is 0 Å². The molecular weight excluding hydrogens is 286 g/mol. The third kappa shape index (κ3) is 3.23. The monoisotopic (exact) mass is 297 g/mol. The van der Waals surface area contributed by atoms with Crippen molar-refractivity contribution in [2.24, 2.45) is 0 Å². The van der Waals surface area contributed by atoms with Crippen LogP contribution in [0.25, 0.3) is 0 Å². The van der Waals surface area contributed by atoms with Crippen LogP contribution >= 0.6 is 15.9 Å². The van der Waals surface area contributed by atoms with E-state index in [1.165, 1.54) is 0 Å². The van der Waals surface area contributed by atoms with Crippen LogP contribution in [0.1, 0.15) is 24.5 Å². The maximum absolute atomic E-state index is 4.88. The minimum absolute atomic E-state index is 0.476. The molecule has 0 unspecified atom stereocenters. The number of hydrogen-bond donors (Lipinski definition) is 1. The van der Waals surface area contributed by atoms with Gasteiger partial charge in [-0.2, -0.15) is 4.98 Å². The lowest BCUT2D eigenvalue weighted by Gasteiger charge is -2.04. The average molecular weight is 298 g/mol. The van der Waals surface area contributed by atoms with Gasteiger partial charge in [-0.3, -0.25) is 0 Å². The molecule has 0 amide bonds. The molecule has 2 heterocycles. The minimum Gasteiger partial charge on any atom is -0.362 e. The second-order valence-corrected chi connectivity index (χ2v) is 4.24. The maximum atomic E-state index is 4.88. The van der Waals surface area contributed by atoms with E-state index < -0.39 is 0 Å². The summed E-state index contributed by atoms with van der Waals surface area (Å²) in [7, 11) is 0. The summed E-state index contributed by atoms with van der Waals surface area (Å²) in [6.07, 6.45) is 0.787. The van der Waals surface area contributed by atoms with Crippen LogP contribution < -0.4 is 5.32 Å². The van der Waals surface area contributed by atoms with Crippen molar-refractivity contribution >= 4 is 21.7 Å². The second kappa shape index (κ2) is 5.22. The third-order valence-corrected chi connectivity index (χ3v) is 2.46. The van der Waals surface area contributed by atoms with Crippen LogP contribution in [-0.2, 0) is 13.0 Å². The Kier molecular flexibility index (Phi) is 3.68. The zero-order valence-electron chi connectivity index (χ0n) is 9.57. The Balaban J connectivity index is 2.05. The normalized spacial score (nSPS) is 10.5. The third-order valence-electron chi connectivity index (χ3n) is 2.05. The molecule has 0 radical (unpaired) electrons. The van der Waals surface area contributed by atoms with Crippen LogP contribution in [0.15, 0.2) is 15.2 Å². The first kappa shape index (κ1) is 12.0. The standard InChI is InChI=1S/C10H12BrN5O/c1-3-8-14-7(11)4-9(15-8)12-5-10-13-6(2)17-16-10/h4H,3,5H2,1-2H3,(H,12,14,15). The predicted molar refractivity (Wildman–Crippen MR) is 65.5 cm³/mol. The summed E-state index contributed by atoms with van der Waals surface area (Å²) in [4.78, 5) is 12.7. The smallest absolute Gasteiger partial charge is 0.223 e. The molecule has 0 saturated carbocycles. The molecule has 6 nitrogen and oxygen atoms in total. The number of hydrogen-bond acceptors (Lipinski definition) is 6. The molecule has 17 heavy (non-hydrogen) atoms. The molecule has 0 aliphatic carbocycles. The molecule has 0 fully saturated rings. The van der Waals surface area contributed by atoms with Gasteiger partial charge >= 0.3 is 0 Å². The van der Waals surface area contributed by atoms with Gasteiger partial charge in [-0.15, -0.1) is 0 Å². The lowest BCUT2D eigenvalue weighted by Crippen LogP contribution is -2.05. The van der Waals surface area contributed by atoms with E-state index in [0.29, 0.717) is 18.3 Å². The average Bonchev–Trinajstić information content (AvgIpc) is 2.72. The largest absolute Gasteiger partial charge is 0.362 e. The summed E-state index contributed by atoms with van der Waals surface area (Å²) in [5.74, 6) is 2.69. The molecular formula is C10H12BrN5O. The number of rotatable bonds is 4. The topological polar surface area (TPSA) is 76.7 Å². The van der Waals surface area contributed by atoms with Crippen molar-refractivity contribution in [3.05, 3.63) is 28.2 Å². The highest BCUT2D eigenvalue weighted by Gasteiger charge is 2.04. The Morgan fingerprint density at radius 1 is 1.29 bits per heavy atom. The van der Waals surface area contributed by atoms with Crippen LogP contribution in [0.3, 0.4) is 0 Å². The Bertz CT molecular complexity index is 513. The molecule has 2 rings (SSSR count). The van der Waals surface area contributed by atoms with Crippen LogP contribution in [0, 0.1) is 6.92 Å². The highest BCUT2D eigenvalue weighted by molar-refractivity contribution is 9.10. The highest BCUT2D eigenvalue weighted by Crippen LogP contribution is 2.13. The number of aryl methyl sites for hydroxylation is 2. The number of nitrogens with one attached hydrogen (secondary N) is 1. The zero-order chi connectivity index (χ0) is 12.3. The fourth-order valence-electron chi connectivity index (χ4n) is 1.30. The van der Waals surface area contributed by atoms with Crippen molar-refractivity contribution in [1.82, 2.24) is 20.1 Å². The molecule has 2 aromatic rings. The van der Waals surface area contributed by atoms with Gasteiger partial charge in [0.25, 0.3) is 0 Å². The molecule has 7 heteroatoms. The summed E-state index contributed by atoms with van der Waals surface area (Å²) in [5, 5.41) is 6.92. The molecule has 0 atom stereocenters. The van der Waals surface area contributed by atoms with Crippen LogP contribution in [0.4, 0.5) is 5.82 Å². The molecule has 2 aromatic heterocycles. The number of nitrogens with zero attached hydrogens (tertiary/aromatic N) is 4. The first-order valence-corrected chi connectivity index (χ1v) is 6.03. The predicted octanol–water partition coefficient (Wildman–Crippen LogP) is 2.11. The van der Waals surface area contributed by atoms with Gasteiger partial charge in [0.05, 0.1) is 6.54 Å². The summed E-state index contributed by atoms with van der Waals surface area (Å²) in [6.45, 7) is 4.24. The summed E-state index contributed by atoms with van der Waals surface area (Å²) >= 11 is 3.34. The zero-order valence-corrected chi connectivity index (χ0v) is 11.2. The molecule has 1 N–H and O–H groups in total. The van der Waals surface area contributed by atoms with E-state index in [9.17, 15) is 0 Å². The molecule has 0 spiro atoms. The Hall–Kier alpha value is -1.50. The summed E-state index contributed by atoms with van der Waals surface area (Å²) in [5.41, 5.74) is 0. The van der Waals surface area contributed by atoms with Gasteiger partial charge in [0.1, 0.15) is 16.2 Å². The van der Waals surface area contributed by atoms with E-state index in [1.807, 2.05) is 13.0 Å². The molecule has 0 aromatic carbocycles. The van der Waals surface area contributed by atoms with Crippen molar-refractivity contribution in [2.45, 2.75) is 26.8 Å². The van der Waals surface area contributed by atoms with Crippen molar-refractivity contribution < 1.29 is 4.52 Å². The van der Waals surface area contributed by atoms with Gasteiger partial charge in [0, 0.05) is 19.4 Å². The van der Waals surface area contributed by atoms with Crippen molar-refractivity contribution in [2.75, 3.05) is 5.32 Å². The van der Waals surface area contributed by atoms with E-state index in [4.69, 9.17) is 4.52 Å². The van der Waals surface area contributed by atoms with Crippen LogP contribution in [0.2, 0.25) is 0 Å². The number of halogens is 1. The molecule has 0 bridgehead atoms. The summed E-state index contributed by atoms with van der Waals surface area (Å²) in [6, 6.07) is 1.81. The van der Waals surface area contributed by atoms with Crippen molar-refractivity contribution in [3.63, 3.8) is 0 Å².